The van der Waals surface area contributed by atoms with E-state index in [-0.39, 0.29) is 6.04 Å². The van der Waals surface area contributed by atoms with E-state index in [9.17, 15) is 0 Å². The lowest BCUT2D eigenvalue weighted by atomic mass is 10.0. The van der Waals surface area contributed by atoms with Crippen molar-refractivity contribution >= 4 is 23.2 Å². The second-order valence-corrected chi connectivity index (χ2v) is 5.29. The highest BCUT2D eigenvalue weighted by molar-refractivity contribution is 6.31. The van der Waals surface area contributed by atoms with Crippen LogP contribution in [0, 0.1) is 0 Å². The monoisotopic (exact) mass is 297 g/mol. The van der Waals surface area contributed by atoms with Crippen LogP contribution in [0.1, 0.15) is 24.2 Å². The molecular weight excluding hydrogens is 281 g/mol. The number of likely N-dealkylation sites (N-methyl/N-ethyl adjacent to an activating group) is 1. The number of nitrogens with one attached hydrogen (secondary N) is 1. The molecule has 0 radical (unpaired) electrons. The van der Waals surface area contributed by atoms with Gasteiger partial charge in [0, 0.05) is 12.1 Å². The summed E-state index contributed by atoms with van der Waals surface area (Å²) in [4.78, 5) is 0. The van der Waals surface area contributed by atoms with Gasteiger partial charge < -0.3 is 5.32 Å². The molecule has 3 nitrogen and oxygen atoms in total. The number of aryl methyl sites for hydroxylation is 1. The molecule has 1 atom stereocenters. The number of rotatable bonds is 5. The first-order valence-corrected chi connectivity index (χ1v) is 7.02. The Bertz CT molecular complexity index is 532. The molecule has 0 aliphatic carbocycles. The molecule has 2 rings (SSSR count). The molecule has 0 fully saturated rings. The van der Waals surface area contributed by atoms with Gasteiger partial charge >= 0.3 is 0 Å². The molecule has 1 aromatic heterocycles. The van der Waals surface area contributed by atoms with Crippen LogP contribution in [0.25, 0.3) is 0 Å². The van der Waals surface area contributed by atoms with E-state index >= 15 is 0 Å². The first-order chi connectivity index (χ1) is 9.11. The summed E-state index contributed by atoms with van der Waals surface area (Å²) in [6.07, 6.45) is 2.51. The van der Waals surface area contributed by atoms with Crippen LogP contribution in [0.2, 0.25) is 10.0 Å². The summed E-state index contributed by atoms with van der Waals surface area (Å²) in [5.74, 6) is 0. The Morgan fingerprint density at radius 3 is 2.74 bits per heavy atom. The average molecular weight is 298 g/mol. The SMILES string of the molecule is CCNC(Cc1cccc(Cl)c1)c1c(Cl)cnn1C. The second-order valence-electron chi connectivity index (χ2n) is 4.45. The number of benzene rings is 1. The molecule has 2 aromatic rings. The summed E-state index contributed by atoms with van der Waals surface area (Å²) >= 11 is 12.3. The Morgan fingerprint density at radius 1 is 1.37 bits per heavy atom. The lowest BCUT2D eigenvalue weighted by Crippen LogP contribution is -2.25. The van der Waals surface area contributed by atoms with Crippen molar-refractivity contribution in [2.45, 2.75) is 19.4 Å². The molecule has 0 saturated heterocycles. The van der Waals surface area contributed by atoms with Crippen LogP contribution in [0.15, 0.2) is 30.5 Å². The fourth-order valence-corrected chi connectivity index (χ4v) is 2.73. The van der Waals surface area contributed by atoms with Gasteiger partial charge in [0.05, 0.1) is 23.0 Å². The van der Waals surface area contributed by atoms with Crippen LogP contribution < -0.4 is 5.32 Å². The summed E-state index contributed by atoms with van der Waals surface area (Å²) in [6, 6.07) is 8.02. The van der Waals surface area contributed by atoms with Crippen molar-refractivity contribution in [1.29, 1.82) is 0 Å². The van der Waals surface area contributed by atoms with Crippen LogP contribution in [-0.2, 0) is 13.5 Å². The molecule has 0 aliphatic rings. The summed E-state index contributed by atoms with van der Waals surface area (Å²) in [7, 11) is 1.91. The van der Waals surface area contributed by atoms with Crippen molar-refractivity contribution < 1.29 is 0 Å². The first-order valence-electron chi connectivity index (χ1n) is 6.27. The number of hydrogen-bond acceptors (Lipinski definition) is 2. The summed E-state index contributed by atoms with van der Waals surface area (Å²) < 4.78 is 1.82. The third kappa shape index (κ3) is 3.50. The van der Waals surface area contributed by atoms with Gasteiger partial charge in [0.2, 0.25) is 0 Å². The molecule has 0 saturated carbocycles. The molecule has 1 N–H and O–H groups in total. The van der Waals surface area contributed by atoms with Crippen molar-refractivity contribution in [2.75, 3.05) is 6.54 Å². The van der Waals surface area contributed by atoms with E-state index in [0.29, 0.717) is 5.02 Å². The summed E-state index contributed by atoms with van der Waals surface area (Å²) in [5, 5.41) is 9.09. The predicted molar refractivity (Wildman–Crippen MR) is 79.8 cm³/mol. The van der Waals surface area contributed by atoms with Gasteiger partial charge in [-0.1, -0.05) is 42.3 Å². The molecule has 0 spiro atoms. The van der Waals surface area contributed by atoms with Crippen LogP contribution in [-0.4, -0.2) is 16.3 Å². The molecule has 19 heavy (non-hydrogen) atoms. The highest BCUT2D eigenvalue weighted by atomic mass is 35.5. The van der Waals surface area contributed by atoms with Crippen molar-refractivity contribution in [1.82, 2.24) is 15.1 Å². The Kier molecular flexibility index (Phi) is 4.86. The molecule has 0 aliphatic heterocycles. The van der Waals surface area contributed by atoms with Crippen LogP contribution in [0.3, 0.4) is 0 Å². The van der Waals surface area contributed by atoms with Gasteiger partial charge in [-0.05, 0) is 30.7 Å². The molecule has 1 aromatic carbocycles. The van der Waals surface area contributed by atoms with Crippen LogP contribution >= 0.6 is 23.2 Å². The van der Waals surface area contributed by atoms with E-state index in [2.05, 4.69) is 23.4 Å². The minimum absolute atomic E-state index is 0.128. The van der Waals surface area contributed by atoms with E-state index in [1.807, 2.05) is 29.9 Å². The smallest absolute Gasteiger partial charge is 0.0834 e. The average Bonchev–Trinajstić information content (AvgIpc) is 2.69. The minimum Gasteiger partial charge on any atom is -0.309 e. The van der Waals surface area contributed by atoms with Gasteiger partial charge in [-0.2, -0.15) is 5.10 Å². The fraction of sp³-hybridized carbons (Fsp3) is 0.357. The number of nitrogens with zero attached hydrogens (tertiary/aromatic N) is 2. The number of halogens is 2. The van der Waals surface area contributed by atoms with Crippen LogP contribution in [0.5, 0.6) is 0 Å². The molecule has 1 unspecified atom stereocenters. The second kappa shape index (κ2) is 6.42. The van der Waals surface area contributed by atoms with Gasteiger partial charge in [0.1, 0.15) is 0 Å². The Balaban J connectivity index is 2.26. The maximum absolute atomic E-state index is 6.22. The summed E-state index contributed by atoms with van der Waals surface area (Å²) in [6.45, 7) is 2.95. The summed E-state index contributed by atoms with van der Waals surface area (Å²) in [5.41, 5.74) is 2.18. The van der Waals surface area contributed by atoms with Gasteiger partial charge in [-0.3, -0.25) is 4.68 Å². The third-order valence-corrected chi connectivity index (χ3v) is 3.57. The fourth-order valence-electron chi connectivity index (χ4n) is 2.22. The van der Waals surface area contributed by atoms with Crippen molar-refractivity contribution in [2.24, 2.45) is 7.05 Å². The normalized spacial score (nSPS) is 12.6. The molecule has 0 amide bonds. The topological polar surface area (TPSA) is 29.9 Å². The predicted octanol–water partition coefficient (Wildman–Crippen LogP) is 3.62. The maximum atomic E-state index is 6.22. The van der Waals surface area contributed by atoms with Crippen LogP contribution in [0.4, 0.5) is 0 Å². The molecule has 0 bridgehead atoms. The lowest BCUT2D eigenvalue weighted by Gasteiger charge is -2.19. The van der Waals surface area contributed by atoms with E-state index in [4.69, 9.17) is 23.2 Å². The van der Waals surface area contributed by atoms with E-state index in [1.165, 1.54) is 5.56 Å². The number of hydrogen-bond donors (Lipinski definition) is 1. The van der Waals surface area contributed by atoms with Gasteiger partial charge in [-0.15, -0.1) is 0 Å². The highest BCUT2D eigenvalue weighted by Crippen LogP contribution is 2.25. The van der Waals surface area contributed by atoms with E-state index < -0.39 is 0 Å². The Morgan fingerprint density at radius 2 is 2.16 bits per heavy atom. The van der Waals surface area contributed by atoms with E-state index in [0.717, 1.165) is 23.7 Å². The van der Waals surface area contributed by atoms with Gasteiger partial charge in [-0.25, -0.2) is 0 Å². The van der Waals surface area contributed by atoms with Gasteiger partial charge in [0.15, 0.2) is 0 Å². The molecule has 102 valence electrons. The Hall–Kier alpha value is -1.03. The maximum Gasteiger partial charge on any atom is 0.0834 e. The minimum atomic E-state index is 0.128. The molecule has 5 heteroatoms. The third-order valence-electron chi connectivity index (χ3n) is 3.05. The zero-order valence-corrected chi connectivity index (χ0v) is 12.5. The number of aromatic nitrogens is 2. The first kappa shape index (κ1) is 14.4. The zero-order valence-electron chi connectivity index (χ0n) is 11.0. The quantitative estimate of drug-likeness (QED) is 0.913. The lowest BCUT2D eigenvalue weighted by molar-refractivity contribution is 0.508. The largest absolute Gasteiger partial charge is 0.309 e. The van der Waals surface area contributed by atoms with Crippen molar-refractivity contribution in [3.8, 4) is 0 Å². The van der Waals surface area contributed by atoms with Crippen molar-refractivity contribution in [3.05, 3.63) is 51.8 Å². The Labute approximate surface area is 123 Å². The van der Waals surface area contributed by atoms with Crippen molar-refractivity contribution in [3.63, 3.8) is 0 Å². The highest BCUT2D eigenvalue weighted by Gasteiger charge is 2.18. The van der Waals surface area contributed by atoms with E-state index in [1.54, 1.807) is 6.20 Å². The molecular formula is C14H17Cl2N3. The molecule has 1 heterocycles. The van der Waals surface area contributed by atoms with Gasteiger partial charge in [0.25, 0.3) is 0 Å². The standard InChI is InChI=1S/C14H17Cl2N3/c1-3-17-13(14-12(16)9-18-19(14)2)8-10-5-4-6-11(15)7-10/h4-7,9,13,17H,3,8H2,1-2H3. The zero-order chi connectivity index (χ0) is 13.8.